The molecule has 0 amide bonds. The van der Waals surface area contributed by atoms with Crippen LogP contribution in [0.4, 0.5) is 0 Å². The van der Waals surface area contributed by atoms with Gasteiger partial charge >= 0.3 is 0 Å². The van der Waals surface area contributed by atoms with Gasteiger partial charge in [0.2, 0.25) is 0 Å². The average molecular weight is 199 g/mol. The fraction of sp³-hybridized carbons (Fsp3) is 1.00. The van der Waals surface area contributed by atoms with Gasteiger partial charge in [0.25, 0.3) is 0 Å². The molecule has 0 aliphatic carbocycles. The summed E-state index contributed by atoms with van der Waals surface area (Å²) in [7, 11) is 0. The summed E-state index contributed by atoms with van der Waals surface area (Å²) in [5, 5.41) is 3.51. The van der Waals surface area contributed by atoms with Crippen LogP contribution in [0.3, 0.4) is 0 Å². The van der Waals surface area contributed by atoms with E-state index in [9.17, 15) is 0 Å². The molecule has 0 aromatic carbocycles. The molecule has 0 bridgehead atoms. The Labute approximate surface area is 90.7 Å². The Hall–Kier alpha value is -0.0400. The van der Waals surface area contributed by atoms with Crippen molar-refractivity contribution in [3.63, 3.8) is 0 Å². The summed E-state index contributed by atoms with van der Waals surface area (Å²) >= 11 is 0. The lowest BCUT2D eigenvalue weighted by Crippen LogP contribution is -2.22. The molecule has 0 rings (SSSR count). The van der Waals surface area contributed by atoms with Crippen molar-refractivity contribution < 1.29 is 0 Å². The lowest BCUT2D eigenvalue weighted by Gasteiger charge is -2.20. The summed E-state index contributed by atoms with van der Waals surface area (Å²) < 4.78 is 0. The molecule has 1 heteroatoms. The van der Waals surface area contributed by atoms with Crippen LogP contribution in [0.25, 0.3) is 0 Å². The van der Waals surface area contributed by atoms with Crippen LogP contribution in [-0.4, -0.2) is 13.1 Å². The minimum absolute atomic E-state index is 0.469. The van der Waals surface area contributed by atoms with Crippen LogP contribution in [0.1, 0.15) is 60.8 Å². The normalized spacial score (nSPS) is 13.3. The monoisotopic (exact) mass is 199 g/mol. The van der Waals surface area contributed by atoms with Crippen LogP contribution in [-0.2, 0) is 0 Å². The largest absolute Gasteiger partial charge is 0.317 e. The van der Waals surface area contributed by atoms with Crippen molar-refractivity contribution in [3.05, 3.63) is 0 Å². The zero-order valence-corrected chi connectivity index (χ0v) is 11.0. The van der Waals surface area contributed by atoms with Gasteiger partial charge in [0, 0.05) is 0 Å². The molecule has 0 spiro atoms. The van der Waals surface area contributed by atoms with Gasteiger partial charge in [-0.15, -0.1) is 0 Å². The van der Waals surface area contributed by atoms with Gasteiger partial charge in [0.1, 0.15) is 0 Å². The molecule has 0 aromatic rings. The van der Waals surface area contributed by atoms with E-state index < -0.39 is 0 Å². The molecule has 0 heterocycles. The Bertz CT molecular complexity index is 118. The first kappa shape index (κ1) is 14.0. The number of hydrogen-bond donors (Lipinski definition) is 1. The van der Waals surface area contributed by atoms with Gasteiger partial charge in [0.15, 0.2) is 0 Å². The van der Waals surface area contributed by atoms with Crippen molar-refractivity contribution in [1.82, 2.24) is 5.32 Å². The van der Waals surface area contributed by atoms with Gasteiger partial charge in [0.05, 0.1) is 0 Å². The Morgan fingerprint density at radius 2 is 1.21 bits per heavy atom. The van der Waals surface area contributed by atoms with E-state index in [2.05, 4.69) is 46.9 Å². The van der Waals surface area contributed by atoms with Gasteiger partial charge in [-0.1, -0.05) is 41.5 Å². The molecule has 0 saturated carbocycles. The lowest BCUT2D eigenvalue weighted by molar-refractivity contribution is 0.345. The van der Waals surface area contributed by atoms with Gasteiger partial charge in [-0.2, -0.15) is 0 Å². The molecule has 0 aliphatic heterocycles. The van der Waals surface area contributed by atoms with E-state index in [1.807, 2.05) is 0 Å². The maximum absolute atomic E-state index is 3.51. The summed E-state index contributed by atoms with van der Waals surface area (Å²) in [5.41, 5.74) is 0.961. The Kier molecular flexibility index (Phi) is 5.73. The predicted molar refractivity (Wildman–Crippen MR) is 65.6 cm³/mol. The number of rotatable bonds is 5. The van der Waals surface area contributed by atoms with Crippen LogP contribution < -0.4 is 5.32 Å². The second-order valence-electron chi connectivity index (χ2n) is 6.72. The van der Waals surface area contributed by atoms with Crippen molar-refractivity contribution >= 4 is 0 Å². The molecule has 0 fully saturated rings. The molecular formula is C13H29N. The highest BCUT2D eigenvalue weighted by Gasteiger charge is 2.10. The molecule has 86 valence electrons. The molecule has 0 atom stereocenters. The Morgan fingerprint density at radius 3 is 1.64 bits per heavy atom. The van der Waals surface area contributed by atoms with Crippen LogP contribution in [0.2, 0.25) is 0 Å². The third-order valence-electron chi connectivity index (χ3n) is 2.33. The van der Waals surface area contributed by atoms with E-state index in [1.54, 1.807) is 0 Å². The maximum Gasteiger partial charge on any atom is -0.00439 e. The van der Waals surface area contributed by atoms with Gasteiger partial charge in [-0.3, -0.25) is 0 Å². The molecule has 0 unspecified atom stereocenters. The third kappa shape index (κ3) is 12.0. The topological polar surface area (TPSA) is 12.0 Å². The van der Waals surface area contributed by atoms with E-state index in [1.165, 1.54) is 25.8 Å². The van der Waals surface area contributed by atoms with Crippen molar-refractivity contribution in [2.24, 2.45) is 10.8 Å². The van der Waals surface area contributed by atoms with Crippen molar-refractivity contribution in [2.45, 2.75) is 60.8 Å². The lowest BCUT2D eigenvalue weighted by atomic mass is 9.90. The zero-order valence-electron chi connectivity index (χ0n) is 11.0. The second kappa shape index (κ2) is 5.75. The summed E-state index contributed by atoms with van der Waals surface area (Å²) in [5.74, 6) is 0. The minimum atomic E-state index is 0.469. The smallest absolute Gasteiger partial charge is 0.00439 e. The van der Waals surface area contributed by atoms with Crippen LogP contribution in [0.5, 0.6) is 0 Å². The van der Waals surface area contributed by atoms with E-state index >= 15 is 0 Å². The first-order valence-corrected chi connectivity index (χ1v) is 5.91. The highest BCUT2D eigenvalue weighted by atomic mass is 14.8. The van der Waals surface area contributed by atoms with Crippen LogP contribution >= 0.6 is 0 Å². The summed E-state index contributed by atoms with van der Waals surface area (Å²) in [6.07, 6.45) is 3.88. The SMILES string of the molecule is CC(C)(C)CCCNCCC(C)(C)C. The number of hydrogen-bond acceptors (Lipinski definition) is 1. The highest BCUT2D eigenvalue weighted by Crippen LogP contribution is 2.20. The average Bonchev–Trinajstić information content (AvgIpc) is 1.92. The van der Waals surface area contributed by atoms with Crippen molar-refractivity contribution in [1.29, 1.82) is 0 Å². The molecule has 14 heavy (non-hydrogen) atoms. The summed E-state index contributed by atoms with van der Waals surface area (Å²) in [4.78, 5) is 0. The van der Waals surface area contributed by atoms with Crippen LogP contribution in [0.15, 0.2) is 0 Å². The Morgan fingerprint density at radius 1 is 0.714 bits per heavy atom. The second-order valence-corrected chi connectivity index (χ2v) is 6.72. The first-order valence-electron chi connectivity index (χ1n) is 5.91. The molecule has 0 aromatic heterocycles. The van der Waals surface area contributed by atoms with Gasteiger partial charge in [-0.25, -0.2) is 0 Å². The van der Waals surface area contributed by atoms with Crippen molar-refractivity contribution in [3.8, 4) is 0 Å². The third-order valence-corrected chi connectivity index (χ3v) is 2.33. The minimum Gasteiger partial charge on any atom is -0.317 e. The van der Waals surface area contributed by atoms with Gasteiger partial charge in [-0.05, 0) is 43.2 Å². The van der Waals surface area contributed by atoms with E-state index in [-0.39, 0.29) is 0 Å². The molecular weight excluding hydrogens is 170 g/mol. The fourth-order valence-electron chi connectivity index (χ4n) is 1.33. The highest BCUT2D eigenvalue weighted by molar-refractivity contribution is 4.65. The summed E-state index contributed by atoms with van der Waals surface area (Å²) in [6, 6.07) is 0. The zero-order chi connectivity index (χ0) is 11.2. The van der Waals surface area contributed by atoms with Crippen molar-refractivity contribution in [2.75, 3.05) is 13.1 Å². The van der Waals surface area contributed by atoms with E-state index in [0.29, 0.717) is 10.8 Å². The van der Waals surface area contributed by atoms with Gasteiger partial charge < -0.3 is 5.32 Å². The maximum atomic E-state index is 3.51. The molecule has 0 saturated heterocycles. The van der Waals surface area contributed by atoms with E-state index in [4.69, 9.17) is 0 Å². The fourth-order valence-corrected chi connectivity index (χ4v) is 1.33. The first-order chi connectivity index (χ1) is 6.21. The summed E-state index contributed by atoms with van der Waals surface area (Å²) in [6.45, 7) is 16.1. The predicted octanol–water partition coefficient (Wildman–Crippen LogP) is 3.84. The standard InChI is InChI=1S/C13H29N/c1-12(2,3)8-7-10-14-11-9-13(4,5)6/h14H,7-11H2,1-6H3. The molecule has 0 aliphatic rings. The molecule has 1 nitrogen and oxygen atoms in total. The quantitative estimate of drug-likeness (QED) is 0.663. The Balaban J connectivity index is 3.23. The van der Waals surface area contributed by atoms with Crippen LogP contribution in [0, 0.1) is 10.8 Å². The molecule has 1 N–H and O–H groups in total. The molecule has 0 radical (unpaired) electrons. The number of nitrogens with one attached hydrogen (secondary N) is 1. The van der Waals surface area contributed by atoms with E-state index in [0.717, 1.165) is 6.54 Å².